The van der Waals surface area contributed by atoms with Crippen LogP contribution >= 0.6 is 24.1 Å². The van der Waals surface area contributed by atoms with Gasteiger partial charge in [0.2, 0.25) is 0 Å². The number of benzene rings is 6. The first-order valence-corrected chi connectivity index (χ1v) is 22.0. The molecule has 1 heterocycles. The van der Waals surface area contributed by atoms with E-state index in [0.717, 1.165) is 18.4 Å². The van der Waals surface area contributed by atoms with Crippen LogP contribution in [0.2, 0.25) is 0 Å². The molecule has 0 saturated carbocycles. The van der Waals surface area contributed by atoms with E-state index in [1.54, 1.807) is 121 Å². The molecule has 1 atom stereocenters. The normalized spacial score (nSPS) is 16.6. The fourth-order valence-electron chi connectivity index (χ4n) is 5.50. The summed E-state index contributed by atoms with van der Waals surface area (Å²) in [6.07, 6.45) is 1.84. The van der Waals surface area contributed by atoms with Crippen LogP contribution in [0.1, 0.15) is 18.9 Å². The maximum atomic E-state index is 7.27. The predicted octanol–water partition coefficient (Wildman–Crippen LogP) is 9.73. The Morgan fingerprint density at radius 1 is 0.518 bits per heavy atom. The van der Waals surface area contributed by atoms with Crippen molar-refractivity contribution in [3.8, 4) is 34.5 Å². The van der Waals surface area contributed by atoms with E-state index in [1.807, 2.05) is 24.3 Å². The third-order valence-electron chi connectivity index (χ3n) is 8.22. The third kappa shape index (κ3) is 8.50. The standard InChI is InChI=1S/C39H43N8O6P3/c1-2-3-28-4-16-37(17-5-28)51-56(52-38-24-12-32(43)13-25-38,53-39-26-14-33(44)15-27-39)46-54-45-55(49-35-20-8-30(41)9-21-35,50-36-22-10-31(42)11-23-36)47(56)48-34-18-6-29(40)7-19-34/h4-27,46,54H,2-3,40-44H2,1H3. The first-order valence-electron chi connectivity index (χ1n) is 17.5. The molecule has 0 aromatic heterocycles. The van der Waals surface area contributed by atoms with E-state index in [1.165, 1.54) is 4.60 Å². The van der Waals surface area contributed by atoms with Crippen LogP contribution < -0.4 is 61.0 Å². The van der Waals surface area contributed by atoms with Gasteiger partial charge in [-0.25, -0.2) is 0 Å². The number of anilines is 5. The van der Waals surface area contributed by atoms with Crippen molar-refractivity contribution in [2.75, 3.05) is 28.7 Å². The molecule has 0 saturated heterocycles. The summed E-state index contributed by atoms with van der Waals surface area (Å²) >= 11 is 0. The molecule has 14 nitrogen and oxygen atoms in total. The number of nitrogens with two attached hydrogens (primary N) is 5. The zero-order valence-electron chi connectivity index (χ0n) is 30.4. The van der Waals surface area contributed by atoms with Crippen molar-refractivity contribution in [3.63, 3.8) is 0 Å². The second-order valence-electron chi connectivity index (χ2n) is 12.7. The molecule has 1 unspecified atom stereocenters. The van der Waals surface area contributed by atoms with Crippen molar-refractivity contribution >= 4 is 52.6 Å². The van der Waals surface area contributed by atoms with E-state index in [9.17, 15) is 0 Å². The summed E-state index contributed by atoms with van der Waals surface area (Å²) in [6.45, 7) is 2.12. The van der Waals surface area contributed by atoms with E-state index >= 15 is 0 Å². The molecule has 0 spiro atoms. The summed E-state index contributed by atoms with van der Waals surface area (Å²) in [4.78, 5) is 10.4. The Kier molecular flexibility index (Phi) is 11.0. The van der Waals surface area contributed by atoms with Gasteiger partial charge in [-0.15, -0.1) is 0 Å². The van der Waals surface area contributed by atoms with Crippen molar-refractivity contribution in [1.29, 1.82) is 0 Å². The van der Waals surface area contributed by atoms with Crippen molar-refractivity contribution in [2.24, 2.45) is 4.52 Å². The summed E-state index contributed by atoms with van der Waals surface area (Å²) in [7, 11) is -10.0. The third-order valence-corrected chi connectivity index (χ3v) is 16.8. The molecule has 6 aromatic rings. The molecule has 0 amide bonds. The van der Waals surface area contributed by atoms with Gasteiger partial charge in [0.15, 0.2) is 0 Å². The molecular weight excluding hydrogens is 769 g/mol. The molecule has 0 aliphatic carbocycles. The van der Waals surface area contributed by atoms with Crippen molar-refractivity contribution in [2.45, 2.75) is 19.8 Å². The zero-order valence-corrected chi connectivity index (χ0v) is 33.2. The van der Waals surface area contributed by atoms with Gasteiger partial charge in [-0.3, -0.25) is 0 Å². The number of hydrogen-bond donors (Lipinski definition) is 6. The zero-order chi connectivity index (χ0) is 39.2. The molecule has 17 heteroatoms. The second-order valence-corrected chi connectivity index (χ2v) is 19.2. The van der Waals surface area contributed by atoms with Gasteiger partial charge in [0, 0.05) is 0 Å². The monoisotopic (exact) mass is 812 g/mol. The van der Waals surface area contributed by atoms with Gasteiger partial charge in [-0.2, -0.15) is 0 Å². The van der Waals surface area contributed by atoms with Crippen LogP contribution in [0.3, 0.4) is 0 Å². The first-order chi connectivity index (χ1) is 27.0. The minimum absolute atomic E-state index is 0.297. The van der Waals surface area contributed by atoms with Gasteiger partial charge in [-0.1, -0.05) is 0 Å². The molecule has 6 aromatic carbocycles. The van der Waals surface area contributed by atoms with E-state index in [0.29, 0.717) is 62.9 Å². The van der Waals surface area contributed by atoms with E-state index < -0.39 is 24.1 Å². The Balaban J connectivity index is 1.55. The quantitative estimate of drug-likeness (QED) is 0.0447. The van der Waals surface area contributed by atoms with Crippen molar-refractivity contribution in [1.82, 2.24) is 9.46 Å². The predicted molar refractivity (Wildman–Crippen MR) is 228 cm³/mol. The number of aryl methyl sites for hydroxylation is 1. The Morgan fingerprint density at radius 3 is 1.23 bits per heavy atom. The summed E-state index contributed by atoms with van der Waals surface area (Å²) < 4.78 is 42.0. The van der Waals surface area contributed by atoms with Crippen LogP contribution in [0.4, 0.5) is 28.4 Å². The van der Waals surface area contributed by atoms with Gasteiger partial charge < -0.3 is 0 Å². The molecule has 0 fully saturated rings. The number of nitrogen functional groups attached to an aromatic ring is 5. The van der Waals surface area contributed by atoms with E-state index in [2.05, 4.69) is 11.8 Å². The van der Waals surface area contributed by atoms with Crippen molar-refractivity contribution in [3.05, 3.63) is 151 Å². The average Bonchev–Trinajstić information content (AvgIpc) is 3.19. The summed E-state index contributed by atoms with van der Waals surface area (Å²) in [6, 6.07) is 41.6. The number of nitrogens with one attached hydrogen (secondary N) is 1. The molecule has 1 aliphatic heterocycles. The van der Waals surface area contributed by atoms with Gasteiger partial charge in [0.25, 0.3) is 0 Å². The molecule has 11 N–H and O–H groups in total. The van der Waals surface area contributed by atoms with Crippen LogP contribution in [0.15, 0.2) is 150 Å². The van der Waals surface area contributed by atoms with Gasteiger partial charge in [0.05, 0.1) is 0 Å². The summed E-state index contributed by atoms with van der Waals surface area (Å²) in [5.74, 6) is 1.98. The van der Waals surface area contributed by atoms with E-state index in [4.69, 9.17) is 60.6 Å². The SMILES string of the molecule is CCCc1ccc(OP2(Oc3ccc(N)cc3)(Oc3ccc(N)cc3)NPN=P(Oc3ccc(N)cc3)(Oc3ccc(N)cc3)N2Oc2ccc(N)cc2)cc1. The van der Waals surface area contributed by atoms with Crippen LogP contribution in [0, 0.1) is 0 Å². The number of rotatable bonds is 14. The molecule has 0 bridgehead atoms. The van der Waals surface area contributed by atoms with E-state index in [-0.39, 0.29) is 0 Å². The topological polar surface area (TPSA) is 213 Å². The average molecular weight is 813 g/mol. The number of hydrogen-bond acceptors (Lipinski definition) is 14. The van der Waals surface area contributed by atoms with Crippen LogP contribution in [0.5, 0.6) is 34.5 Å². The Bertz CT molecular complexity index is 2200. The van der Waals surface area contributed by atoms with Crippen LogP contribution in [-0.4, -0.2) is 4.60 Å². The molecule has 0 radical (unpaired) electrons. The van der Waals surface area contributed by atoms with Crippen molar-refractivity contribution < 1.29 is 27.5 Å². The summed E-state index contributed by atoms with van der Waals surface area (Å²) in [5.41, 5.74) is 34.4. The molecule has 56 heavy (non-hydrogen) atoms. The van der Waals surface area contributed by atoms with Gasteiger partial charge in [0.1, 0.15) is 0 Å². The molecular formula is C39H43N8O6P3. The Hall–Kier alpha value is -5.87. The second kappa shape index (κ2) is 16.1. The van der Waals surface area contributed by atoms with Gasteiger partial charge in [-0.05, 0) is 0 Å². The Labute approximate surface area is 327 Å². The fourth-order valence-corrected chi connectivity index (χ4v) is 14.9. The molecule has 1 aliphatic rings. The number of nitrogens with zero attached hydrogens (tertiary/aromatic N) is 2. The molecule has 290 valence electrons. The summed E-state index contributed by atoms with van der Waals surface area (Å²) in [5, 5.41) is 0. The fraction of sp³-hybridized carbons (Fsp3) is 0.0769. The Morgan fingerprint density at radius 2 is 0.857 bits per heavy atom. The van der Waals surface area contributed by atoms with Gasteiger partial charge >= 0.3 is 328 Å². The first kappa shape index (κ1) is 38.4. The maximum absolute atomic E-state index is 7.27. The van der Waals surface area contributed by atoms with Crippen LogP contribution in [0.25, 0.3) is 0 Å². The van der Waals surface area contributed by atoms with Crippen LogP contribution in [-0.2, 0) is 6.42 Å². The molecule has 7 rings (SSSR count). The minimum atomic E-state index is -5.44.